The molecular formula is C12H17NO. The van der Waals surface area contributed by atoms with Gasteiger partial charge in [-0.15, -0.1) is 6.58 Å². The molecule has 2 nitrogen and oxygen atoms in total. The minimum absolute atomic E-state index is 0.354. The Hall–Kier alpha value is -1.15. The van der Waals surface area contributed by atoms with Crippen molar-refractivity contribution in [3.05, 3.63) is 42.2 Å². The summed E-state index contributed by atoms with van der Waals surface area (Å²) in [6.07, 6.45) is 5.48. The highest BCUT2D eigenvalue weighted by atomic mass is 16.3. The first-order valence-corrected chi connectivity index (χ1v) is 4.99. The Kier molecular flexibility index (Phi) is 4.33. The molecule has 1 unspecified atom stereocenters. The highest BCUT2D eigenvalue weighted by Gasteiger charge is 2.03. The topological polar surface area (TPSA) is 33.1 Å². The maximum absolute atomic E-state index is 9.52. The SMILES string of the molecule is C=CCC(O)Cc1ccc(CC)cn1. The molecule has 0 saturated carbocycles. The van der Waals surface area contributed by atoms with Crippen LogP contribution in [0.3, 0.4) is 0 Å². The second-order valence-corrected chi connectivity index (χ2v) is 3.39. The van der Waals surface area contributed by atoms with Gasteiger partial charge >= 0.3 is 0 Å². The monoisotopic (exact) mass is 191 g/mol. The lowest BCUT2D eigenvalue weighted by molar-refractivity contribution is 0.177. The van der Waals surface area contributed by atoms with E-state index in [1.165, 1.54) is 5.56 Å². The number of aliphatic hydroxyl groups is 1. The molecule has 1 aromatic rings. The lowest BCUT2D eigenvalue weighted by atomic mass is 10.1. The molecule has 14 heavy (non-hydrogen) atoms. The van der Waals surface area contributed by atoms with Crippen molar-refractivity contribution in [2.45, 2.75) is 32.3 Å². The quantitative estimate of drug-likeness (QED) is 0.723. The fourth-order valence-electron chi connectivity index (χ4n) is 1.30. The number of hydrogen-bond acceptors (Lipinski definition) is 2. The summed E-state index contributed by atoms with van der Waals surface area (Å²) in [5.74, 6) is 0. The number of hydrogen-bond donors (Lipinski definition) is 1. The van der Waals surface area contributed by atoms with Gasteiger partial charge in [0.1, 0.15) is 0 Å². The van der Waals surface area contributed by atoms with Crippen LogP contribution in [-0.2, 0) is 12.8 Å². The highest BCUT2D eigenvalue weighted by Crippen LogP contribution is 2.05. The molecule has 0 radical (unpaired) electrons. The van der Waals surface area contributed by atoms with Gasteiger partial charge in [-0.25, -0.2) is 0 Å². The summed E-state index contributed by atoms with van der Waals surface area (Å²) in [5, 5.41) is 9.52. The summed E-state index contributed by atoms with van der Waals surface area (Å²) in [6.45, 7) is 5.69. The van der Waals surface area contributed by atoms with E-state index in [0.29, 0.717) is 12.8 Å². The molecule has 2 heteroatoms. The Bertz CT molecular complexity index is 279. The molecule has 1 rings (SSSR count). The van der Waals surface area contributed by atoms with Gasteiger partial charge in [-0.05, 0) is 24.5 Å². The number of pyridine rings is 1. The van der Waals surface area contributed by atoms with Crippen molar-refractivity contribution in [2.75, 3.05) is 0 Å². The van der Waals surface area contributed by atoms with Crippen LogP contribution in [0.1, 0.15) is 24.6 Å². The molecule has 0 fully saturated rings. The Morgan fingerprint density at radius 1 is 1.57 bits per heavy atom. The Morgan fingerprint density at radius 2 is 2.36 bits per heavy atom. The molecule has 0 bridgehead atoms. The fraction of sp³-hybridized carbons (Fsp3) is 0.417. The number of aliphatic hydroxyl groups excluding tert-OH is 1. The first-order valence-electron chi connectivity index (χ1n) is 4.99. The first kappa shape index (κ1) is 10.9. The van der Waals surface area contributed by atoms with Crippen molar-refractivity contribution in [1.82, 2.24) is 4.98 Å². The van der Waals surface area contributed by atoms with Crippen LogP contribution in [0.2, 0.25) is 0 Å². The summed E-state index contributed by atoms with van der Waals surface area (Å²) >= 11 is 0. The van der Waals surface area contributed by atoms with Gasteiger partial charge in [-0.2, -0.15) is 0 Å². The van der Waals surface area contributed by atoms with Gasteiger partial charge < -0.3 is 5.11 Å². The van der Waals surface area contributed by atoms with E-state index in [1.807, 2.05) is 12.3 Å². The summed E-state index contributed by atoms with van der Waals surface area (Å²) < 4.78 is 0. The van der Waals surface area contributed by atoms with Crippen molar-refractivity contribution in [1.29, 1.82) is 0 Å². The second-order valence-electron chi connectivity index (χ2n) is 3.39. The van der Waals surface area contributed by atoms with E-state index in [1.54, 1.807) is 6.08 Å². The highest BCUT2D eigenvalue weighted by molar-refractivity contribution is 5.14. The van der Waals surface area contributed by atoms with Gasteiger partial charge in [0.25, 0.3) is 0 Å². The van der Waals surface area contributed by atoms with Crippen LogP contribution in [0.5, 0.6) is 0 Å². The lowest BCUT2D eigenvalue weighted by Crippen LogP contribution is -2.10. The average molecular weight is 191 g/mol. The van der Waals surface area contributed by atoms with Gasteiger partial charge in [-0.1, -0.05) is 19.1 Å². The lowest BCUT2D eigenvalue weighted by Gasteiger charge is -2.07. The maximum atomic E-state index is 9.52. The number of aromatic nitrogens is 1. The van der Waals surface area contributed by atoms with Crippen LogP contribution in [0.4, 0.5) is 0 Å². The Morgan fingerprint density at radius 3 is 2.86 bits per heavy atom. The third-order valence-corrected chi connectivity index (χ3v) is 2.18. The van der Waals surface area contributed by atoms with Gasteiger partial charge in [0.05, 0.1) is 6.10 Å². The molecule has 0 aliphatic heterocycles. The molecule has 0 aliphatic rings. The largest absolute Gasteiger partial charge is 0.392 e. The predicted molar refractivity (Wildman–Crippen MR) is 58.1 cm³/mol. The first-order chi connectivity index (χ1) is 6.76. The molecule has 1 heterocycles. The van der Waals surface area contributed by atoms with E-state index < -0.39 is 0 Å². The minimum atomic E-state index is -0.354. The van der Waals surface area contributed by atoms with Crippen molar-refractivity contribution in [3.8, 4) is 0 Å². The molecule has 0 aromatic carbocycles. The third kappa shape index (κ3) is 3.30. The van der Waals surface area contributed by atoms with Crippen molar-refractivity contribution >= 4 is 0 Å². The summed E-state index contributed by atoms with van der Waals surface area (Å²) in [5.41, 5.74) is 2.17. The molecule has 1 aromatic heterocycles. The molecule has 76 valence electrons. The molecule has 0 aliphatic carbocycles. The summed E-state index contributed by atoms with van der Waals surface area (Å²) in [7, 11) is 0. The Balaban J connectivity index is 2.54. The van der Waals surface area contributed by atoms with Crippen molar-refractivity contribution in [3.63, 3.8) is 0 Å². The van der Waals surface area contributed by atoms with Gasteiger partial charge in [0.15, 0.2) is 0 Å². The molecule has 1 atom stereocenters. The number of aryl methyl sites for hydroxylation is 1. The minimum Gasteiger partial charge on any atom is -0.392 e. The second kappa shape index (κ2) is 5.55. The van der Waals surface area contributed by atoms with Crippen LogP contribution < -0.4 is 0 Å². The molecule has 0 saturated heterocycles. The van der Waals surface area contributed by atoms with Crippen LogP contribution in [0.15, 0.2) is 31.0 Å². The van der Waals surface area contributed by atoms with Crippen LogP contribution in [0, 0.1) is 0 Å². The average Bonchev–Trinajstić information content (AvgIpc) is 2.19. The molecule has 0 spiro atoms. The van der Waals surface area contributed by atoms with Gasteiger partial charge in [0.2, 0.25) is 0 Å². The normalized spacial score (nSPS) is 12.4. The van der Waals surface area contributed by atoms with E-state index in [9.17, 15) is 5.11 Å². The van der Waals surface area contributed by atoms with E-state index in [-0.39, 0.29) is 6.10 Å². The Labute approximate surface area is 85.3 Å². The zero-order valence-electron chi connectivity index (χ0n) is 8.61. The zero-order chi connectivity index (χ0) is 10.4. The fourth-order valence-corrected chi connectivity index (χ4v) is 1.30. The maximum Gasteiger partial charge on any atom is 0.0629 e. The van der Waals surface area contributed by atoms with Crippen molar-refractivity contribution < 1.29 is 5.11 Å². The van der Waals surface area contributed by atoms with E-state index in [0.717, 1.165) is 12.1 Å². The summed E-state index contributed by atoms with van der Waals surface area (Å²) in [4.78, 5) is 4.28. The smallest absolute Gasteiger partial charge is 0.0629 e. The van der Waals surface area contributed by atoms with E-state index >= 15 is 0 Å². The standard InChI is InChI=1S/C12H17NO/c1-3-5-12(14)8-11-7-6-10(4-2)9-13-11/h3,6-7,9,12,14H,1,4-5,8H2,2H3. The molecular weight excluding hydrogens is 174 g/mol. The van der Waals surface area contributed by atoms with Gasteiger partial charge in [0, 0.05) is 18.3 Å². The summed E-state index contributed by atoms with van der Waals surface area (Å²) in [6, 6.07) is 4.04. The van der Waals surface area contributed by atoms with E-state index in [2.05, 4.69) is 24.6 Å². The van der Waals surface area contributed by atoms with Crippen LogP contribution >= 0.6 is 0 Å². The molecule has 1 N–H and O–H groups in total. The van der Waals surface area contributed by atoms with Gasteiger partial charge in [-0.3, -0.25) is 4.98 Å². The van der Waals surface area contributed by atoms with Crippen LogP contribution in [-0.4, -0.2) is 16.2 Å². The van der Waals surface area contributed by atoms with Crippen molar-refractivity contribution in [2.24, 2.45) is 0 Å². The number of nitrogens with zero attached hydrogens (tertiary/aromatic N) is 1. The van der Waals surface area contributed by atoms with E-state index in [4.69, 9.17) is 0 Å². The predicted octanol–water partition coefficient (Wildman–Crippen LogP) is 2.12. The molecule has 0 amide bonds. The van der Waals surface area contributed by atoms with Crippen LogP contribution in [0.25, 0.3) is 0 Å². The number of rotatable bonds is 5. The third-order valence-electron chi connectivity index (χ3n) is 2.18. The zero-order valence-corrected chi connectivity index (χ0v) is 8.61.